The van der Waals surface area contributed by atoms with Crippen LogP contribution in [0.2, 0.25) is 0 Å². The lowest BCUT2D eigenvalue weighted by molar-refractivity contribution is -0.384. The number of fused-ring (bicyclic) bond motifs is 2. The average molecular weight is 374 g/mol. The number of hydrogen-bond donors (Lipinski definition) is 3. The molecule has 0 unspecified atom stereocenters. The summed E-state index contributed by atoms with van der Waals surface area (Å²) in [6.45, 7) is 4.00. The zero-order valence-corrected chi connectivity index (χ0v) is 15.4. The van der Waals surface area contributed by atoms with Crippen molar-refractivity contribution in [1.82, 2.24) is 9.97 Å². The van der Waals surface area contributed by atoms with Crippen LogP contribution >= 0.6 is 0 Å². The van der Waals surface area contributed by atoms with E-state index in [4.69, 9.17) is 16.3 Å². The number of H-pyrrole nitrogens is 2. The Morgan fingerprint density at radius 1 is 0.929 bits per heavy atom. The first-order chi connectivity index (χ1) is 13.5. The van der Waals surface area contributed by atoms with Crippen LogP contribution in [0.4, 0.5) is 11.4 Å². The van der Waals surface area contributed by atoms with Crippen LogP contribution in [0.3, 0.4) is 0 Å². The molecule has 8 nitrogen and oxygen atoms in total. The molecule has 0 aliphatic rings. The summed E-state index contributed by atoms with van der Waals surface area (Å²) in [7, 11) is 0. The van der Waals surface area contributed by atoms with Gasteiger partial charge in [-0.3, -0.25) is 10.1 Å². The van der Waals surface area contributed by atoms with E-state index in [-0.39, 0.29) is 5.69 Å². The van der Waals surface area contributed by atoms with Crippen molar-refractivity contribution in [3.63, 3.8) is 0 Å². The van der Waals surface area contributed by atoms with Crippen LogP contribution in [0.15, 0.2) is 48.8 Å². The zero-order valence-electron chi connectivity index (χ0n) is 15.4. The standard InChI is InChI=1S/C9H5N3O2.C9H7N3.C2H6/c10-4-6-5-11-9-3-7(12(13)14)1-2-8(6)9;10-4-6-5-12-9-3-7(11)1-2-8(6)9;1-2/h1-3,5,11H;1-3,5,12H,11H2;1-2H3. The Balaban J connectivity index is 0.000000186. The maximum atomic E-state index is 10.4. The van der Waals surface area contributed by atoms with E-state index >= 15 is 0 Å². The van der Waals surface area contributed by atoms with Crippen molar-refractivity contribution in [2.45, 2.75) is 13.8 Å². The summed E-state index contributed by atoms with van der Waals surface area (Å²) < 4.78 is 0. The van der Waals surface area contributed by atoms with E-state index in [2.05, 4.69) is 16.0 Å². The van der Waals surface area contributed by atoms with Crippen molar-refractivity contribution < 1.29 is 4.92 Å². The molecule has 0 fully saturated rings. The summed E-state index contributed by atoms with van der Waals surface area (Å²) in [6, 6.07) is 13.9. The topological polar surface area (TPSA) is 148 Å². The molecular formula is C20H18N6O2. The minimum atomic E-state index is -0.466. The summed E-state index contributed by atoms with van der Waals surface area (Å²) in [5.74, 6) is 0. The van der Waals surface area contributed by atoms with E-state index in [1.165, 1.54) is 18.3 Å². The number of anilines is 1. The lowest BCUT2D eigenvalue weighted by Crippen LogP contribution is -1.86. The van der Waals surface area contributed by atoms with Crippen molar-refractivity contribution in [2.75, 3.05) is 5.73 Å². The molecule has 2 aromatic carbocycles. The number of nitrogen functional groups attached to an aromatic ring is 1. The second-order valence-corrected chi connectivity index (χ2v) is 5.42. The highest BCUT2D eigenvalue weighted by molar-refractivity contribution is 5.88. The van der Waals surface area contributed by atoms with E-state index in [0.29, 0.717) is 27.7 Å². The maximum absolute atomic E-state index is 10.4. The molecule has 8 heteroatoms. The molecule has 0 bridgehead atoms. The Kier molecular flexibility index (Phi) is 6.35. The number of nitrogens with two attached hydrogens (primary N) is 1. The molecule has 28 heavy (non-hydrogen) atoms. The van der Waals surface area contributed by atoms with Gasteiger partial charge < -0.3 is 15.7 Å². The van der Waals surface area contributed by atoms with Crippen LogP contribution in [-0.2, 0) is 0 Å². The highest BCUT2D eigenvalue weighted by atomic mass is 16.6. The molecule has 0 radical (unpaired) electrons. The van der Waals surface area contributed by atoms with Gasteiger partial charge in [0.2, 0.25) is 0 Å². The third-order valence-electron chi connectivity index (χ3n) is 3.82. The summed E-state index contributed by atoms with van der Waals surface area (Å²) >= 11 is 0. The van der Waals surface area contributed by atoms with E-state index in [0.717, 1.165) is 10.9 Å². The zero-order chi connectivity index (χ0) is 20.7. The first-order valence-electron chi connectivity index (χ1n) is 8.46. The van der Waals surface area contributed by atoms with Crippen molar-refractivity contribution in [3.05, 3.63) is 70.0 Å². The average Bonchev–Trinajstić information content (AvgIpc) is 3.32. The third kappa shape index (κ3) is 4.09. The van der Waals surface area contributed by atoms with Crippen LogP contribution in [0.25, 0.3) is 21.8 Å². The summed E-state index contributed by atoms with van der Waals surface area (Å²) in [5.41, 5.74) is 8.96. The molecule has 0 atom stereocenters. The fourth-order valence-corrected chi connectivity index (χ4v) is 2.56. The van der Waals surface area contributed by atoms with Gasteiger partial charge in [-0.1, -0.05) is 13.8 Å². The second-order valence-electron chi connectivity index (χ2n) is 5.42. The number of nitro groups is 1. The molecule has 0 amide bonds. The van der Waals surface area contributed by atoms with Crippen molar-refractivity contribution in [1.29, 1.82) is 10.5 Å². The number of hydrogen-bond acceptors (Lipinski definition) is 5. The molecule has 2 aromatic heterocycles. The quantitative estimate of drug-likeness (QED) is 0.253. The number of rotatable bonds is 1. The Morgan fingerprint density at radius 3 is 1.93 bits per heavy atom. The molecule has 4 N–H and O–H groups in total. The molecule has 140 valence electrons. The highest BCUT2D eigenvalue weighted by Crippen LogP contribution is 2.22. The molecule has 4 aromatic rings. The van der Waals surface area contributed by atoms with Gasteiger partial charge in [-0.15, -0.1) is 0 Å². The number of nitro benzene ring substituents is 1. The number of nitriles is 2. The fraction of sp³-hybridized carbons (Fsp3) is 0.100. The van der Waals surface area contributed by atoms with E-state index < -0.39 is 4.92 Å². The van der Waals surface area contributed by atoms with Crippen LogP contribution in [-0.4, -0.2) is 14.9 Å². The van der Waals surface area contributed by atoms with Crippen LogP contribution in [0.1, 0.15) is 25.0 Å². The highest BCUT2D eigenvalue weighted by Gasteiger charge is 2.09. The van der Waals surface area contributed by atoms with Gasteiger partial charge in [0.05, 0.1) is 21.6 Å². The molecular weight excluding hydrogens is 356 g/mol. The third-order valence-corrected chi connectivity index (χ3v) is 3.82. The van der Waals surface area contributed by atoms with Gasteiger partial charge >= 0.3 is 0 Å². The second kappa shape index (κ2) is 8.88. The number of benzene rings is 2. The van der Waals surface area contributed by atoms with Crippen molar-refractivity contribution >= 4 is 33.2 Å². The minimum absolute atomic E-state index is 0.0174. The van der Waals surface area contributed by atoms with Gasteiger partial charge in [0.15, 0.2) is 0 Å². The molecule has 0 saturated carbocycles. The first kappa shape index (κ1) is 20.0. The van der Waals surface area contributed by atoms with Gasteiger partial charge in [-0.05, 0) is 24.3 Å². The number of aromatic amines is 2. The van der Waals surface area contributed by atoms with Gasteiger partial charge in [0.25, 0.3) is 5.69 Å². The lowest BCUT2D eigenvalue weighted by Gasteiger charge is -1.92. The normalized spacial score (nSPS) is 9.43. The van der Waals surface area contributed by atoms with Gasteiger partial charge in [0, 0.05) is 46.5 Å². The smallest absolute Gasteiger partial charge is 0.271 e. The molecule has 2 heterocycles. The molecule has 4 rings (SSSR count). The first-order valence-corrected chi connectivity index (χ1v) is 8.46. The fourth-order valence-electron chi connectivity index (χ4n) is 2.56. The number of nitrogens with one attached hydrogen (secondary N) is 2. The Labute approximate surface area is 161 Å². The summed E-state index contributed by atoms with van der Waals surface area (Å²) in [6.07, 6.45) is 3.22. The Morgan fingerprint density at radius 2 is 1.43 bits per heavy atom. The SMILES string of the molecule is CC.N#Cc1c[nH]c2cc(N)ccc12.N#Cc1c[nH]c2cc([N+](=O)[O-])ccc12. The number of aromatic nitrogens is 2. The lowest BCUT2D eigenvalue weighted by atomic mass is 10.2. The Bertz CT molecular complexity index is 1210. The van der Waals surface area contributed by atoms with E-state index in [1.54, 1.807) is 18.3 Å². The van der Waals surface area contributed by atoms with E-state index in [9.17, 15) is 10.1 Å². The monoisotopic (exact) mass is 374 g/mol. The van der Waals surface area contributed by atoms with E-state index in [1.807, 2.05) is 32.0 Å². The molecule has 0 aliphatic heterocycles. The van der Waals surface area contributed by atoms with Crippen molar-refractivity contribution in [3.8, 4) is 12.1 Å². The van der Waals surface area contributed by atoms with Crippen LogP contribution in [0.5, 0.6) is 0 Å². The largest absolute Gasteiger partial charge is 0.399 e. The predicted octanol–water partition coefficient (Wildman–Crippen LogP) is 4.60. The maximum Gasteiger partial charge on any atom is 0.271 e. The van der Waals surface area contributed by atoms with Gasteiger partial charge in [-0.2, -0.15) is 10.5 Å². The number of nitrogens with zero attached hydrogens (tertiary/aromatic N) is 3. The predicted molar refractivity (Wildman–Crippen MR) is 108 cm³/mol. The summed E-state index contributed by atoms with van der Waals surface area (Å²) in [5, 5.41) is 29.5. The van der Waals surface area contributed by atoms with Crippen LogP contribution < -0.4 is 5.73 Å². The Hall–Kier alpha value is -4.30. The minimum Gasteiger partial charge on any atom is -0.399 e. The molecule has 0 aliphatic carbocycles. The molecule has 0 saturated heterocycles. The van der Waals surface area contributed by atoms with Crippen LogP contribution in [0, 0.1) is 32.8 Å². The summed E-state index contributed by atoms with van der Waals surface area (Å²) in [4.78, 5) is 15.8. The molecule has 0 spiro atoms. The van der Waals surface area contributed by atoms with Gasteiger partial charge in [0.1, 0.15) is 12.1 Å². The number of non-ortho nitro benzene ring substituents is 1. The van der Waals surface area contributed by atoms with Gasteiger partial charge in [-0.25, -0.2) is 0 Å². The van der Waals surface area contributed by atoms with Crippen molar-refractivity contribution in [2.24, 2.45) is 0 Å².